The average Bonchev–Trinajstić information content (AvgIpc) is 2.93. The van der Waals surface area contributed by atoms with Crippen LogP contribution in [0.3, 0.4) is 0 Å². The number of aliphatic hydroxyl groups excluding tert-OH is 1. The fourth-order valence-corrected chi connectivity index (χ4v) is 7.71. The molecule has 3 aliphatic rings. The molecule has 3 fully saturated rings. The number of fused-ring (bicyclic) bond motifs is 1. The lowest BCUT2D eigenvalue weighted by Gasteiger charge is -2.47. The molecule has 2 aliphatic carbocycles. The van der Waals surface area contributed by atoms with E-state index in [-0.39, 0.29) is 30.7 Å². The van der Waals surface area contributed by atoms with Gasteiger partial charge in [-0.1, -0.05) is 56.0 Å². The number of benzene rings is 1. The summed E-state index contributed by atoms with van der Waals surface area (Å²) in [4.78, 5) is 42.7. The van der Waals surface area contributed by atoms with Crippen molar-refractivity contribution in [2.45, 2.75) is 127 Å². The second kappa shape index (κ2) is 14.7. The van der Waals surface area contributed by atoms with Crippen molar-refractivity contribution < 1.29 is 27.9 Å². The molecule has 1 aliphatic heterocycles. The molecule has 11 heteroatoms. The van der Waals surface area contributed by atoms with Crippen LogP contribution < -0.4 is 16.0 Å². The van der Waals surface area contributed by atoms with Crippen molar-refractivity contribution in [2.75, 3.05) is 19.3 Å². The Hall–Kier alpha value is -2.50. The molecule has 1 aromatic rings. The summed E-state index contributed by atoms with van der Waals surface area (Å²) < 4.78 is 24.2. The van der Waals surface area contributed by atoms with Crippen molar-refractivity contribution in [3.05, 3.63) is 35.9 Å². The van der Waals surface area contributed by atoms with Gasteiger partial charge in [0.2, 0.25) is 17.7 Å². The summed E-state index contributed by atoms with van der Waals surface area (Å²) in [6, 6.07) is 6.92. The zero-order valence-corrected chi connectivity index (χ0v) is 29.4. The molecular formula is C35H56N4O6S. The van der Waals surface area contributed by atoms with E-state index in [2.05, 4.69) is 20.9 Å². The number of sulfone groups is 1. The van der Waals surface area contributed by atoms with Crippen LogP contribution in [-0.2, 0) is 30.6 Å². The largest absolute Gasteiger partial charge is 0.390 e. The molecule has 46 heavy (non-hydrogen) atoms. The van der Waals surface area contributed by atoms with Gasteiger partial charge in [-0.25, -0.2) is 8.42 Å². The van der Waals surface area contributed by atoms with E-state index in [1.165, 1.54) is 20.3 Å². The summed E-state index contributed by atoms with van der Waals surface area (Å²) >= 11 is 0. The third kappa shape index (κ3) is 9.10. The van der Waals surface area contributed by atoms with Gasteiger partial charge in [-0.3, -0.25) is 19.3 Å². The van der Waals surface area contributed by atoms with Crippen LogP contribution in [0.5, 0.6) is 0 Å². The maximum atomic E-state index is 14.0. The first-order chi connectivity index (χ1) is 21.5. The second-order valence-electron chi connectivity index (χ2n) is 15.6. The van der Waals surface area contributed by atoms with E-state index in [1.807, 2.05) is 51.1 Å². The smallest absolute Gasteiger partial charge is 0.244 e. The fraction of sp³-hybridized carbons (Fsp3) is 0.743. The normalized spacial score (nSPS) is 24.9. The van der Waals surface area contributed by atoms with Crippen molar-refractivity contribution in [3.8, 4) is 0 Å². The molecule has 0 radical (unpaired) electrons. The van der Waals surface area contributed by atoms with Crippen molar-refractivity contribution in [3.63, 3.8) is 0 Å². The number of hydrogen-bond acceptors (Lipinski definition) is 7. The number of hydrogen-bond donors (Lipinski definition) is 4. The Morgan fingerprint density at radius 1 is 0.913 bits per heavy atom. The molecule has 3 amide bonds. The van der Waals surface area contributed by atoms with E-state index in [1.54, 1.807) is 0 Å². The van der Waals surface area contributed by atoms with Crippen molar-refractivity contribution in [1.29, 1.82) is 0 Å². The topological polar surface area (TPSA) is 145 Å². The van der Waals surface area contributed by atoms with Crippen LogP contribution in [0.2, 0.25) is 0 Å². The highest BCUT2D eigenvalue weighted by molar-refractivity contribution is 7.92. The number of amides is 3. The molecule has 0 bridgehead atoms. The molecule has 10 nitrogen and oxygen atoms in total. The van der Waals surface area contributed by atoms with Crippen LogP contribution in [0.4, 0.5) is 0 Å². The zero-order valence-electron chi connectivity index (χ0n) is 28.6. The first kappa shape index (κ1) is 36.3. The maximum Gasteiger partial charge on any atom is 0.244 e. The van der Waals surface area contributed by atoms with Crippen molar-refractivity contribution >= 4 is 27.6 Å². The molecule has 1 aromatic carbocycles. The number of carbonyl (C=O) groups is 3. The summed E-state index contributed by atoms with van der Waals surface area (Å²) in [6.07, 6.45) is 7.88. The molecule has 1 saturated heterocycles. The third-order valence-electron chi connectivity index (χ3n) is 10.5. The Kier molecular flexibility index (Phi) is 11.6. The highest BCUT2D eigenvalue weighted by Gasteiger charge is 2.47. The van der Waals surface area contributed by atoms with Gasteiger partial charge < -0.3 is 21.1 Å². The number of likely N-dealkylation sites (tertiary alicyclic amines) is 1. The molecule has 4 N–H and O–H groups in total. The number of carbonyl (C=O) groups excluding carboxylic acids is 3. The van der Waals surface area contributed by atoms with Gasteiger partial charge >= 0.3 is 0 Å². The van der Waals surface area contributed by atoms with Gasteiger partial charge in [0.15, 0.2) is 9.84 Å². The van der Waals surface area contributed by atoms with Crippen LogP contribution >= 0.6 is 0 Å². The summed E-state index contributed by atoms with van der Waals surface area (Å²) in [5.41, 5.74) is 0.484. The van der Waals surface area contributed by atoms with E-state index >= 15 is 0 Å². The Labute approximate surface area is 275 Å². The molecule has 1 heterocycles. The van der Waals surface area contributed by atoms with Gasteiger partial charge in [0, 0.05) is 30.8 Å². The maximum absolute atomic E-state index is 14.0. The monoisotopic (exact) mass is 660 g/mol. The van der Waals surface area contributed by atoms with Crippen LogP contribution in [0.1, 0.15) is 91.5 Å². The van der Waals surface area contributed by atoms with Crippen LogP contribution in [0.25, 0.3) is 0 Å². The molecule has 2 saturated carbocycles. The predicted octanol–water partition coefficient (Wildman–Crippen LogP) is 2.98. The number of nitrogens with zero attached hydrogens (tertiary/aromatic N) is 1. The number of nitrogens with one attached hydrogen (secondary N) is 3. The first-order valence-corrected chi connectivity index (χ1v) is 18.9. The van der Waals surface area contributed by atoms with E-state index in [0.29, 0.717) is 31.2 Å². The van der Waals surface area contributed by atoms with Gasteiger partial charge in [-0.2, -0.15) is 0 Å². The van der Waals surface area contributed by atoms with Gasteiger partial charge in [-0.05, 0) is 84.1 Å². The van der Waals surface area contributed by atoms with Crippen LogP contribution in [0, 0.1) is 17.8 Å². The standard InChI is InChI=1S/C35H56N4O6S/c1-34(2,3)38-32(42)28-20-25-15-10-11-16-26(25)21-39(28)22-29(40)27(19-23-13-8-7-9-14-23)36-33(43)30(35(4,5)46(6,44)45)37-31(41)24-17-12-18-24/h7-9,13-14,24-30,40H,10-12,15-22H2,1-6H3,(H,36,43)(H,37,41)(H,38,42)/t25-,26+,27-,28-,29+,30+/m0/s1. The molecule has 4 rings (SSSR count). The van der Waals surface area contributed by atoms with Gasteiger partial charge in [0.05, 0.1) is 22.9 Å². The summed E-state index contributed by atoms with van der Waals surface area (Å²) in [7, 11) is -3.78. The zero-order chi connectivity index (χ0) is 33.9. The lowest BCUT2D eigenvalue weighted by molar-refractivity contribution is -0.134. The number of rotatable bonds is 12. The SMILES string of the molecule is CC(C)(C)NC(=O)[C@@H]1C[C@@H]2CCCC[C@@H]2CN1C[C@@H](O)[C@H](Cc1ccccc1)NC(=O)[C@@H](NC(=O)C1CCC1)C(C)(C)S(C)(=O)=O. The minimum atomic E-state index is -3.78. The highest BCUT2D eigenvalue weighted by atomic mass is 32.2. The first-order valence-electron chi connectivity index (χ1n) is 17.0. The molecule has 258 valence electrons. The Morgan fingerprint density at radius 3 is 2.11 bits per heavy atom. The molecule has 0 spiro atoms. The van der Waals surface area contributed by atoms with Gasteiger partial charge in [-0.15, -0.1) is 0 Å². The fourth-order valence-electron chi connectivity index (χ4n) is 7.11. The number of aliphatic hydroxyl groups is 1. The van der Waals surface area contributed by atoms with Crippen LogP contribution in [-0.4, -0.2) is 90.0 Å². The molecule has 0 unspecified atom stereocenters. The summed E-state index contributed by atoms with van der Waals surface area (Å²) in [5, 5.41) is 20.7. The van der Waals surface area contributed by atoms with Crippen molar-refractivity contribution in [2.24, 2.45) is 17.8 Å². The van der Waals surface area contributed by atoms with E-state index in [0.717, 1.165) is 43.9 Å². The highest BCUT2D eigenvalue weighted by Crippen LogP contribution is 2.39. The van der Waals surface area contributed by atoms with Crippen LogP contribution in [0.15, 0.2) is 30.3 Å². The van der Waals surface area contributed by atoms with E-state index in [9.17, 15) is 27.9 Å². The minimum Gasteiger partial charge on any atom is -0.390 e. The molecular weight excluding hydrogens is 604 g/mol. The Balaban J connectivity index is 1.60. The van der Waals surface area contributed by atoms with E-state index in [4.69, 9.17) is 0 Å². The average molecular weight is 661 g/mol. The second-order valence-corrected chi connectivity index (χ2v) is 18.2. The third-order valence-corrected chi connectivity index (χ3v) is 12.6. The van der Waals surface area contributed by atoms with E-state index < -0.39 is 50.3 Å². The lowest BCUT2D eigenvalue weighted by Crippen LogP contribution is -2.64. The van der Waals surface area contributed by atoms with Crippen molar-refractivity contribution in [1.82, 2.24) is 20.9 Å². The minimum absolute atomic E-state index is 0.0546. The summed E-state index contributed by atoms with van der Waals surface area (Å²) in [6.45, 7) is 9.63. The molecule has 6 atom stereocenters. The molecule has 0 aromatic heterocycles. The van der Waals surface area contributed by atoms with Gasteiger partial charge in [0.1, 0.15) is 6.04 Å². The Bertz CT molecular complexity index is 1320. The predicted molar refractivity (Wildman–Crippen MR) is 180 cm³/mol. The number of β-amino-alcohol motifs (C(OH)–C–C–N with tert-alkyl or cyclic N) is 1. The summed E-state index contributed by atoms with van der Waals surface area (Å²) in [5.74, 6) is -0.363. The quantitative estimate of drug-likeness (QED) is 0.270. The lowest BCUT2D eigenvalue weighted by atomic mass is 9.72. The number of piperidine rings is 1. The van der Waals surface area contributed by atoms with Gasteiger partial charge in [0.25, 0.3) is 0 Å². The Morgan fingerprint density at radius 2 is 1.54 bits per heavy atom.